The van der Waals surface area contributed by atoms with Crippen molar-refractivity contribution in [1.82, 2.24) is 10.6 Å². The van der Waals surface area contributed by atoms with Gasteiger partial charge >= 0.3 is 6.03 Å². The van der Waals surface area contributed by atoms with E-state index in [1.807, 2.05) is 6.92 Å². The van der Waals surface area contributed by atoms with Gasteiger partial charge in [0.05, 0.1) is 0 Å². The molecule has 1 aromatic carbocycles. The molecule has 1 aromatic rings. The highest BCUT2D eigenvalue weighted by Gasteiger charge is 2.21. The molecule has 0 saturated carbocycles. The summed E-state index contributed by atoms with van der Waals surface area (Å²) in [6.07, 6.45) is 2.28. The van der Waals surface area contributed by atoms with Gasteiger partial charge in [-0.15, -0.1) is 0 Å². The van der Waals surface area contributed by atoms with Crippen LogP contribution in [0.2, 0.25) is 0 Å². The van der Waals surface area contributed by atoms with Crippen LogP contribution >= 0.6 is 0 Å². The molecule has 2 atom stereocenters. The molecule has 0 bridgehead atoms. The SMILES string of the molecule is CC(NC(=O)Nc1ccc(F)cc1)C1CCCNC1. The van der Waals surface area contributed by atoms with Crippen molar-refractivity contribution in [3.63, 3.8) is 0 Å². The molecular weight excluding hydrogens is 245 g/mol. The second kappa shape index (κ2) is 6.52. The van der Waals surface area contributed by atoms with E-state index in [0.717, 1.165) is 25.9 Å². The first-order chi connectivity index (χ1) is 9.15. The minimum atomic E-state index is -0.312. The first-order valence-electron chi connectivity index (χ1n) is 6.69. The molecule has 4 nitrogen and oxygen atoms in total. The molecule has 3 N–H and O–H groups in total. The monoisotopic (exact) mass is 265 g/mol. The van der Waals surface area contributed by atoms with Gasteiger partial charge in [-0.3, -0.25) is 0 Å². The number of anilines is 1. The lowest BCUT2D eigenvalue weighted by atomic mass is 9.93. The van der Waals surface area contributed by atoms with Crippen LogP contribution in [0.3, 0.4) is 0 Å². The molecule has 1 saturated heterocycles. The number of hydrogen-bond donors (Lipinski definition) is 3. The number of urea groups is 1. The van der Waals surface area contributed by atoms with Gasteiger partial charge in [-0.1, -0.05) is 0 Å². The Bertz CT molecular complexity index is 415. The Morgan fingerprint density at radius 2 is 2.16 bits per heavy atom. The van der Waals surface area contributed by atoms with Gasteiger partial charge in [-0.05, 0) is 63.0 Å². The fraction of sp³-hybridized carbons (Fsp3) is 0.500. The maximum Gasteiger partial charge on any atom is 0.319 e. The Labute approximate surface area is 112 Å². The van der Waals surface area contributed by atoms with E-state index in [9.17, 15) is 9.18 Å². The van der Waals surface area contributed by atoms with Crippen LogP contribution in [0.5, 0.6) is 0 Å². The number of halogens is 1. The molecule has 2 unspecified atom stereocenters. The van der Waals surface area contributed by atoms with E-state index in [0.29, 0.717) is 11.6 Å². The molecule has 19 heavy (non-hydrogen) atoms. The van der Waals surface area contributed by atoms with Gasteiger partial charge in [-0.25, -0.2) is 9.18 Å². The maximum absolute atomic E-state index is 12.7. The van der Waals surface area contributed by atoms with Crippen LogP contribution in [-0.4, -0.2) is 25.2 Å². The molecule has 2 rings (SSSR count). The van der Waals surface area contributed by atoms with Crippen molar-refractivity contribution < 1.29 is 9.18 Å². The number of benzene rings is 1. The van der Waals surface area contributed by atoms with Gasteiger partial charge in [-0.2, -0.15) is 0 Å². The third-order valence-electron chi connectivity index (χ3n) is 3.50. The van der Waals surface area contributed by atoms with E-state index in [2.05, 4.69) is 16.0 Å². The summed E-state index contributed by atoms with van der Waals surface area (Å²) >= 11 is 0. The third kappa shape index (κ3) is 4.21. The van der Waals surface area contributed by atoms with Gasteiger partial charge in [0.25, 0.3) is 0 Å². The maximum atomic E-state index is 12.7. The van der Waals surface area contributed by atoms with E-state index in [1.54, 1.807) is 12.1 Å². The highest BCUT2D eigenvalue weighted by Crippen LogP contribution is 2.14. The molecule has 1 aliphatic rings. The number of rotatable bonds is 3. The summed E-state index contributed by atoms with van der Waals surface area (Å²) in [4.78, 5) is 11.8. The molecule has 0 aromatic heterocycles. The normalized spacial score (nSPS) is 20.6. The summed E-state index contributed by atoms with van der Waals surface area (Å²) in [5.41, 5.74) is 0.591. The van der Waals surface area contributed by atoms with E-state index >= 15 is 0 Å². The third-order valence-corrected chi connectivity index (χ3v) is 3.50. The van der Waals surface area contributed by atoms with Crippen LogP contribution in [-0.2, 0) is 0 Å². The Morgan fingerprint density at radius 1 is 1.42 bits per heavy atom. The lowest BCUT2D eigenvalue weighted by Crippen LogP contribution is -2.45. The second-order valence-corrected chi connectivity index (χ2v) is 5.00. The Kier molecular flexibility index (Phi) is 4.74. The quantitative estimate of drug-likeness (QED) is 0.785. The number of piperidine rings is 1. The first-order valence-corrected chi connectivity index (χ1v) is 6.69. The number of carbonyl (C=O) groups is 1. The number of hydrogen-bond acceptors (Lipinski definition) is 2. The van der Waals surface area contributed by atoms with Crippen LogP contribution in [0.1, 0.15) is 19.8 Å². The number of amides is 2. The van der Waals surface area contributed by atoms with Crippen molar-refractivity contribution >= 4 is 11.7 Å². The average Bonchev–Trinajstić information content (AvgIpc) is 2.42. The standard InChI is InChI=1S/C14H20FN3O/c1-10(11-3-2-8-16-9-11)17-14(19)18-13-6-4-12(15)5-7-13/h4-7,10-11,16H,2-3,8-9H2,1H3,(H2,17,18,19). The highest BCUT2D eigenvalue weighted by molar-refractivity contribution is 5.89. The van der Waals surface area contributed by atoms with Crippen molar-refractivity contribution in [2.24, 2.45) is 5.92 Å². The Morgan fingerprint density at radius 3 is 2.79 bits per heavy atom. The molecule has 0 radical (unpaired) electrons. The first kappa shape index (κ1) is 13.8. The van der Waals surface area contributed by atoms with Crippen molar-refractivity contribution in [2.75, 3.05) is 18.4 Å². The topological polar surface area (TPSA) is 53.2 Å². The Balaban J connectivity index is 1.81. The lowest BCUT2D eigenvalue weighted by Gasteiger charge is -2.28. The molecule has 0 aliphatic carbocycles. The average molecular weight is 265 g/mol. The zero-order valence-corrected chi connectivity index (χ0v) is 11.1. The van der Waals surface area contributed by atoms with E-state index < -0.39 is 0 Å². The Hall–Kier alpha value is -1.62. The molecule has 1 heterocycles. The van der Waals surface area contributed by atoms with Crippen molar-refractivity contribution in [3.8, 4) is 0 Å². The van der Waals surface area contributed by atoms with Gasteiger partial charge in [0.2, 0.25) is 0 Å². The summed E-state index contributed by atoms with van der Waals surface area (Å²) in [5, 5.41) is 8.96. The molecule has 1 fully saturated rings. The largest absolute Gasteiger partial charge is 0.335 e. The van der Waals surface area contributed by atoms with E-state index in [1.165, 1.54) is 12.1 Å². The summed E-state index contributed by atoms with van der Waals surface area (Å²) in [5.74, 6) is 0.153. The zero-order chi connectivity index (χ0) is 13.7. The van der Waals surface area contributed by atoms with E-state index in [4.69, 9.17) is 0 Å². The fourth-order valence-corrected chi connectivity index (χ4v) is 2.33. The molecule has 104 valence electrons. The molecule has 1 aliphatic heterocycles. The van der Waals surface area contributed by atoms with Crippen LogP contribution < -0.4 is 16.0 Å². The van der Waals surface area contributed by atoms with Crippen molar-refractivity contribution in [1.29, 1.82) is 0 Å². The lowest BCUT2D eigenvalue weighted by molar-refractivity contribution is 0.238. The summed E-state index contributed by atoms with van der Waals surface area (Å²) < 4.78 is 12.7. The molecule has 2 amide bonds. The zero-order valence-electron chi connectivity index (χ0n) is 11.1. The summed E-state index contributed by atoms with van der Waals surface area (Å²) in [7, 11) is 0. The van der Waals surface area contributed by atoms with Crippen molar-refractivity contribution in [3.05, 3.63) is 30.1 Å². The fourth-order valence-electron chi connectivity index (χ4n) is 2.33. The predicted octanol–water partition coefficient (Wildman–Crippen LogP) is 2.34. The van der Waals surface area contributed by atoms with Crippen LogP contribution in [0, 0.1) is 11.7 Å². The van der Waals surface area contributed by atoms with Gasteiger partial charge < -0.3 is 16.0 Å². The predicted molar refractivity (Wildman–Crippen MR) is 73.6 cm³/mol. The molecule has 0 spiro atoms. The summed E-state index contributed by atoms with van der Waals surface area (Å²) in [6, 6.07) is 5.61. The van der Waals surface area contributed by atoms with Gasteiger partial charge in [0.1, 0.15) is 5.82 Å². The smallest absolute Gasteiger partial charge is 0.319 e. The summed E-state index contributed by atoms with van der Waals surface area (Å²) in [6.45, 7) is 4.02. The highest BCUT2D eigenvalue weighted by atomic mass is 19.1. The van der Waals surface area contributed by atoms with Gasteiger partial charge in [0.15, 0.2) is 0 Å². The number of carbonyl (C=O) groups excluding carboxylic acids is 1. The molecule has 5 heteroatoms. The van der Waals surface area contributed by atoms with Crippen LogP contribution in [0.25, 0.3) is 0 Å². The van der Waals surface area contributed by atoms with E-state index in [-0.39, 0.29) is 17.9 Å². The second-order valence-electron chi connectivity index (χ2n) is 5.00. The van der Waals surface area contributed by atoms with Gasteiger partial charge in [0, 0.05) is 11.7 Å². The molecular formula is C14H20FN3O. The minimum absolute atomic E-state index is 0.119. The van der Waals surface area contributed by atoms with Crippen LogP contribution in [0.15, 0.2) is 24.3 Å². The number of nitrogens with one attached hydrogen (secondary N) is 3. The minimum Gasteiger partial charge on any atom is -0.335 e. The van der Waals surface area contributed by atoms with Crippen LogP contribution in [0.4, 0.5) is 14.9 Å². The van der Waals surface area contributed by atoms with Crippen molar-refractivity contribution in [2.45, 2.75) is 25.8 Å².